The van der Waals surface area contributed by atoms with Crippen molar-refractivity contribution in [3.05, 3.63) is 63.7 Å². The zero-order valence-corrected chi connectivity index (χ0v) is 16.9. The second kappa shape index (κ2) is 7.90. The summed E-state index contributed by atoms with van der Waals surface area (Å²) >= 11 is 1.70. The number of amides is 1. The van der Waals surface area contributed by atoms with Gasteiger partial charge >= 0.3 is 6.02 Å². The first kappa shape index (κ1) is 18.8. The molecule has 5 rings (SSSR count). The van der Waals surface area contributed by atoms with Gasteiger partial charge in [-0.1, -0.05) is 12.1 Å². The summed E-state index contributed by atoms with van der Waals surface area (Å²) in [7, 11) is 0. The van der Waals surface area contributed by atoms with Gasteiger partial charge in [-0.25, -0.2) is 0 Å². The van der Waals surface area contributed by atoms with Gasteiger partial charge in [0.05, 0.1) is 23.9 Å². The van der Waals surface area contributed by atoms with Gasteiger partial charge in [0.15, 0.2) is 6.23 Å². The highest BCUT2D eigenvalue weighted by atomic mass is 32.1. The van der Waals surface area contributed by atoms with Gasteiger partial charge in [-0.2, -0.15) is 14.8 Å². The van der Waals surface area contributed by atoms with Gasteiger partial charge in [-0.05, 0) is 29.2 Å². The van der Waals surface area contributed by atoms with Crippen molar-refractivity contribution in [1.82, 2.24) is 25.7 Å². The molecule has 0 fully saturated rings. The molecule has 0 saturated carbocycles. The molecule has 5 N–H and O–H groups in total. The lowest BCUT2D eigenvalue weighted by Crippen LogP contribution is -2.38. The van der Waals surface area contributed by atoms with Crippen molar-refractivity contribution in [3.63, 3.8) is 0 Å². The van der Waals surface area contributed by atoms with Crippen LogP contribution in [0.4, 0.5) is 0 Å². The van der Waals surface area contributed by atoms with E-state index in [-0.39, 0.29) is 6.23 Å². The molecule has 1 amide bonds. The largest absolute Gasteiger partial charge is 0.444 e. The standard InChI is InChI=1S/C20H21N7O2S/c21-18(28)14-4-1-5-16-15(14)10-25-27(16)20-26-19-12(8-22-11-24-19)7-17(29-20)23-9-13-3-2-6-30-13/h1-6,10,17,22-24H,7-9,11H2,(H2,21,28). The highest BCUT2D eigenvalue weighted by molar-refractivity contribution is 7.09. The third-order valence-corrected chi connectivity index (χ3v) is 5.96. The van der Waals surface area contributed by atoms with Crippen molar-refractivity contribution in [2.24, 2.45) is 10.7 Å². The van der Waals surface area contributed by atoms with Gasteiger partial charge < -0.3 is 15.8 Å². The minimum absolute atomic E-state index is 0.279. The molecular formula is C20H21N7O2S. The lowest BCUT2D eigenvalue weighted by molar-refractivity contribution is 0.100. The number of nitrogens with zero attached hydrogens (tertiary/aromatic N) is 3. The summed E-state index contributed by atoms with van der Waals surface area (Å²) in [6.45, 7) is 2.07. The van der Waals surface area contributed by atoms with Crippen molar-refractivity contribution in [2.45, 2.75) is 19.2 Å². The van der Waals surface area contributed by atoms with E-state index < -0.39 is 5.91 Å². The molecule has 0 bridgehead atoms. The Labute approximate surface area is 176 Å². The van der Waals surface area contributed by atoms with Crippen LogP contribution in [0.3, 0.4) is 0 Å². The minimum atomic E-state index is -0.496. The van der Waals surface area contributed by atoms with Gasteiger partial charge in [-0.15, -0.1) is 11.3 Å². The quantitative estimate of drug-likeness (QED) is 0.502. The van der Waals surface area contributed by atoms with E-state index >= 15 is 0 Å². The monoisotopic (exact) mass is 423 g/mol. The molecule has 2 aliphatic rings. The SMILES string of the molecule is NC(=O)c1cccc2c1cnn2C1=NC2=C(CNCN2)CC(NCc2cccs2)O1. The zero-order chi connectivity index (χ0) is 20.5. The maximum absolute atomic E-state index is 11.8. The van der Waals surface area contributed by atoms with Crippen LogP contribution in [0.25, 0.3) is 10.9 Å². The number of primary amides is 1. The van der Waals surface area contributed by atoms with Crippen LogP contribution in [-0.2, 0) is 11.3 Å². The zero-order valence-electron chi connectivity index (χ0n) is 16.1. The number of aromatic nitrogens is 2. The first-order valence-electron chi connectivity index (χ1n) is 9.63. The maximum Gasteiger partial charge on any atom is 0.321 e. The molecule has 154 valence electrons. The molecule has 1 atom stereocenters. The first-order chi connectivity index (χ1) is 14.7. The minimum Gasteiger partial charge on any atom is -0.444 e. The highest BCUT2D eigenvalue weighted by Gasteiger charge is 2.26. The van der Waals surface area contributed by atoms with E-state index in [9.17, 15) is 4.79 Å². The summed E-state index contributed by atoms with van der Waals surface area (Å²) in [5, 5.41) is 17.2. The molecule has 10 heteroatoms. The van der Waals surface area contributed by atoms with Crippen LogP contribution >= 0.6 is 11.3 Å². The van der Waals surface area contributed by atoms with E-state index in [1.165, 1.54) is 4.88 Å². The van der Waals surface area contributed by atoms with E-state index in [0.29, 0.717) is 42.1 Å². The predicted molar refractivity (Wildman–Crippen MR) is 115 cm³/mol. The Balaban J connectivity index is 1.51. The summed E-state index contributed by atoms with van der Waals surface area (Å²) < 4.78 is 7.89. The summed E-state index contributed by atoms with van der Waals surface area (Å²) in [6.07, 6.45) is 2.02. The number of carbonyl (C=O) groups is 1. The second-order valence-corrected chi connectivity index (χ2v) is 8.09. The first-order valence-corrected chi connectivity index (χ1v) is 10.5. The lowest BCUT2D eigenvalue weighted by atomic mass is 10.1. The number of aliphatic imine (C=N–C) groups is 1. The normalized spacial score (nSPS) is 18.9. The van der Waals surface area contributed by atoms with E-state index in [1.54, 1.807) is 34.3 Å². The van der Waals surface area contributed by atoms with Crippen LogP contribution in [0, 0.1) is 0 Å². The fourth-order valence-electron chi connectivity index (χ4n) is 3.63. The number of hydrogen-bond donors (Lipinski definition) is 4. The Kier molecular flexibility index (Phi) is 4.95. The van der Waals surface area contributed by atoms with E-state index in [0.717, 1.165) is 17.9 Å². The average molecular weight is 424 g/mol. The van der Waals surface area contributed by atoms with Gasteiger partial charge in [0.2, 0.25) is 5.91 Å². The molecule has 2 aromatic heterocycles. The molecule has 30 heavy (non-hydrogen) atoms. The molecular weight excluding hydrogens is 402 g/mol. The topological polar surface area (TPSA) is 119 Å². The third-order valence-electron chi connectivity index (χ3n) is 5.09. The van der Waals surface area contributed by atoms with Crippen molar-refractivity contribution in [2.75, 3.05) is 13.2 Å². The highest BCUT2D eigenvalue weighted by Crippen LogP contribution is 2.23. The summed E-state index contributed by atoms with van der Waals surface area (Å²) in [5.41, 5.74) is 7.78. The molecule has 3 aromatic rings. The van der Waals surface area contributed by atoms with Gasteiger partial charge in [0, 0.05) is 29.8 Å². The van der Waals surface area contributed by atoms with Crippen LogP contribution in [0.2, 0.25) is 0 Å². The molecule has 1 unspecified atom stereocenters. The number of nitrogens with two attached hydrogens (primary N) is 1. The van der Waals surface area contributed by atoms with Crippen LogP contribution < -0.4 is 21.7 Å². The van der Waals surface area contributed by atoms with Crippen LogP contribution in [-0.4, -0.2) is 41.2 Å². The number of thiophene rings is 1. The van der Waals surface area contributed by atoms with Gasteiger partial charge in [0.1, 0.15) is 5.82 Å². The van der Waals surface area contributed by atoms with Gasteiger partial charge in [-0.3, -0.25) is 15.4 Å². The summed E-state index contributed by atoms with van der Waals surface area (Å²) in [6, 6.07) is 9.79. The average Bonchev–Trinajstić information content (AvgIpc) is 3.38. The van der Waals surface area contributed by atoms with Crippen LogP contribution in [0.15, 0.2) is 58.3 Å². The molecule has 0 radical (unpaired) electrons. The smallest absolute Gasteiger partial charge is 0.321 e. The molecule has 4 heterocycles. The molecule has 0 spiro atoms. The van der Waals surface area contributed by atoms with Crippen LogP contribution in [0.1, 0.15) is 21.7 Å². The van der Waals surface area contributed by atoms with Gasteiger partial charge in [0.25, 0.3) is 0 Å². The molecule has 1 aromatic carbocycles. The number of fused-ring (bicyclic) bond motifs is 1. The Morgan fingerprint density at radius 2 is 2.30 bits per heavy atom. The van der Waals surface area contributed by atoms with Crippen LogP contribution in [0.5, 0.6) is 0 Å². The fourth-order valence-corrected chi connectivity index (χ4v) is 4.28. The van der Waals surface area contributed by atoms with E-state index in [2.05, 4.69) is 32.5 Å². The van der Waals surface area contributed by atoms with Crippen molar-refractivity contribution in [1.29, 1.82) is 0 Å². The number of hydrogen-bond acceptors (Lipinski definition) is 8. The maximum atomic E-state index is 11.8. The molecule has 0 aliphatic carbocycles. The Bertz CT molecular complexity index is 1150. The Morgan fingerprint density at radius 1 is 1.37 bits per heavy atom. The Hall–Kier alpha value is -3.21. The number of nitrogens with one attached hydrogen (secondary N) is 3. The number of benzene rings is 1. The Morgan fingerprint density at radius 3 is 3.13 bits per heavy atom. The van der Waals surface area contributed by atoms with Crippen molar-refractivity contribution in [3.8, 4) is 0 Å². The third kappa shape index (κ3) is 3.56. The lowest BCUT2D eigenvalue weighted by Gasteiger charge is -2.22. The van der Waals surface area contributed by atoms with E-state index in [4.69, 9.17) is 15.5 Å². The van der Waals surface area contributed by atoms with Crippen molar-refractivity contribution >= 4 is 34.2 Å². The number of carbonyl (C=O) groups excluding carboxylic acids is 1. The molecule has 2 aliphatic heterocycles. The second-order valence-electron chi connectivity index (χ2n) is 7.06. The molecule has 9 nitrogen and oxygen atoms in total. The molecule has 0 saturated heterocycles. The number of ether oxygens (including phenoxy) is 1. The van der Waals surface area contributed by atoms with E-state index in [1.807, 2.05) is 12.1 Å². The predicted octanol–water partition coefficient (Wildman–Crippen LogP) is 1.30. The number of rotatable bonds is 4. The van der Waals surface area contributed by atoms with Crippen molar-refractivity contribution < 1.29 is 9.53 Å². The summed E-state index contributed by atoms with van der Waals surface area (Å²) in [5.74, 6) is 0.295. The summed E-state index contributed by atoms with van der Waals surface area (Å²) in [4.78, 5) is 17.7. The fraction of sp³-hybridized carbons (Fsp3) is 0.250.